The molecule has 2 rings (SSSR count). The summed E-state index contributed by atoms with van der Waals surface area (Å²) in [6.45, 7) is 7.80. The minimum Gasteiger partial charge on any atom is -0.396 e. The van der Waals surface area contributed by atoms with E-state index >= 15 is 0 Å². The molecule has 0 heterocycles. The van der Waals surface area contributed by atoms with Gasteiger partial charge in [-0.25, -0.2) is 5.84 Å². The molecule has 0 spiro atoms. The zero-order valence-electron chi connectivity index (χ0n) is 11.9. The second-order valence-corrected chi connectivity index (χ2v) is 4.88. The van der Waals surface area contributed by atoms with E-state index in [1.807, 2.05) is 24.3 Å². The highest BCUT2D eigenvalue weighted by molar-refractivity contribution is 5.74. The number of nitrogens with two attached hydrogens (primary N) is 2. The van der Waals surface area contributed by atoms with Crippen molar-refractivity contribution >= 4 is 5.70 Å². The van der Waals surface area contributed by atoms with Crippen molar-refractivity contribution in [3.05, 3.63) is 77.5 Å². The number of hydrogen-bond acceptors (Lipinski definition) is 3. The number of rotatable bonds is 3. The summed E-state index contributed by atoms with van der Waals surface area (Å²) >= 11 is 0. The SMILES string of the molecule is C.C=C/C1=C(C=C)/C(N(C)N)=C(/N)c2ccccc2CC1. The Labute approximate surface area is 127 Å². The monoisotopic (exact) mass is 283 g/mol. The van der Waals surface area contributed by atoms with Crippen LogP contribution in [0, 0.1) is 0 Å². The fourth-order valence-corrected chi connectivity index (χ4v) is 2.65. The lowest BCUT2D eigenvalue weighted by Gasteiger charge is -2.26. The minimum absolute atomic E-state index is 0. The van der Waals surface area contributed by atoms with Crippen LogP contribution in [0.4, 0.5) is 0 Å². The Morgan fingerprint density at radius 1 is 1.14 bits per heavy atom. The van der Waals surface area contributed by atoms with Crippen molar-refractivity contribution in [2.75, 3.05) is 7.05 Å². The maximum Gasteiger partial charge on any atom is 0.0824 e. The second-order valence-electron chi connectivity index (χ2n) is 4.88. The van der Waals surface area contributed by atoms with Crippen LogP contribution >= 0.6 is 0 Å². The van der Waals surface area contributed by atoms with E-state index in [0.29, 0.717) is 5.70 Å². The molecule has 0 radical (unpaired) electrons. The average molecular weight is 283 g/mol. The minimum atomic E-state index is 0. The largest absolute Gasteiger partial charge is 0.396 e. The first kappa shape index (κ1) is 16.8. The summed E-state index contributed by atoms with van der Waals surface area (Å²) in [7, 11) is 1.79. The van der Waals surface area contributed by atoms with Crippen LogP contribution in [-0.2, 0) is 6.42 Å². The van der Waals surface area contributed by atoms with E-state index in [1.54, 1.807) is 18.1 Å². The highest BCUT2D eigenvalue weighted by Gasteiger charge is 2.19. The molecule has 1 aliphatic carbocycles. The first-order chi connectivity index (χ1) is 9.60. The molecule has 3 heteroatoms. The normalized spacial score (nSPS) is 21.4. The molecule has 3 nitrogen and oxygen atoms in total. The topological polar surface area (TPSA) is 55.3 Å². The molecule has 0 fully saturated rings. The summed E-state index contributed by atoms with van der Waals surface area (Å²) in [6, 6.07) is 8.17. The van der Waals surface area contributed by atoms with Crippen molar-refractivity contribution in [3.63, 3.8) is 0 Å². The first-order valence-corrected chi connectivity index (χ1v) is 6.65. The Kier molecular flexibility index (Phi) is 5.56. The fraction of sp³-hybridized carbons (Fsp3) is 0.222. The van der Waals surface area contributed by atoms with Gasteiger partial charge in [0.2, 0.25) is 0 Å². The fourth-order valence-electron chi connectivity index (χ4n) is 2.65. The summed E-state index contributed by atoms with van der Waals surface area (Å²) < 4.78 is 0. The van der Waals surface area contributed by atoms with Gasteiger partial charge in [-0.15, -0.1) is 0 Å². The molecule has 21 heavy (non-hydrogen) atoms. The van der Waals surface area contributed by atoms with Gasteiger partial charge in [0.1, 0.15) is 0 Å². The molecular formula is C18H25N3. The average Bonchev–Trinajstić information content (AvgIpc) is 2.44. The zero-order valence-corrected chi connectivity index (χ0v) is 11.9. The molecule has 1 aromatic carbocycles. The number of nitrogens with zero attached hydrogens (tertiary/aromatic N) is 1. The predicted octanol–water partition coefficient (Wildman–Crippen LogP) is 3.37. The Balaban J connectivity index is 0.00000220. The third kappa shape index (κ3) is 3.09. The number of hydrazine groups is 1. The molecule has 112 valence electrons. The second kappa shape index (κ2) is 6.95. The summed E-state index contributed by atoms with van der Waals surface area (Å²) in [5, 5.41) is 1.55. The molecule has 0 saturated carbocycles. The Morgan fingerprint density at radius 3 is 2.38 bits per heavy atom. The Bertz CT molecular complexity index is 607. The van der Waals surface area contributed by atoms with Crippen LogP contribution in [0.25, 0.3) is 5.70 Å². The van der Waals surface area contributed by atoms with Crippen molar-refractivity contribution in [2.24, 2.45) is 11.6 Å². The van der Waals surface area contributed by atoms with E-state index < -0.39 is 0 Å². The quantitative estimate of drug-likeness (QED) is 0.660. The molecule has 0 aliphatic heterocycles. The van der Waals surface area contributed by atoms with Crippen LogP contribution in [0.5, 0.6) is 0 Å². The van der Waals surface area contributed by atoms with Crippen molar-refractivity contribution in [1.29, 1.82) is 0 Å². The number of fused-ring (bicyclic) bond motifs is 1. The summed E-state index contributed by atoms with van der Waals surface area (Å²) in [5.41, 5.74) is 12.2. The maximum absolute atomic E-state index is 6.39. The van der Waals surface area contributed by atoms with E-state index in [-0.39, 0.29) is 7.43 Å². The van der Waals surface area contributed by atoms with Crippen LogP contribution in [0.2, 0.25) is 0 Å². The van der Waals surface area contributed by atoms with E-state index in [0.717, 1.165) is 35.2 Å². The van der Waals surface area contributed by atoms with Gasteiger partial charge >= 0.3 is 0 Å². The third-order valence-corrected chi connectivity index (χ3v) is 3.63. The van der Waals surface area contributed by atoms with Crippen molar-refractivity contribution in [1.82, 2.24) is 5.01 Å². The smallest absolute Gasteiger partial charge is 0.0824 e. The van der Waals surface area contributed by atoms with Gasteiger partial charge in [-0.1, -0.05) is 57.0 Å². The maximum atomic E-state index is 6.39. The molecule has 4 N–H and O–H groups in total. The lowest BCUT2D eigenvalue weighted by molar-refractivity contribution is 0.451. The Morgan fingerprint density at radius 2 is 1.81 bits per heavy atom. The van der Waals surface area contributed by atoms with Crippen molar-refractivity contribution < 1.29 is 0 Å². The molecule has 0 atom stereocenters. The number of hydrogen-bond donors (Lipinski definition) is 2. The molecular weight excluding hydrogens is 258 g/mol. The lowest BCUT2D eigenvalue weighted by Crippen LogP contribution is -2.29. The van der Waals surface area contributed by atoms with Gasteiger partial charge in [0.05, 0.1) is 11.4 Å². The van der Waals surface area contributed by atoms with Gasteiger partial charge in [-0.05, 0) is 24.0 Å². The standard InChI is InChI=1S/C17H21N3.CH4/c1-4-12-10-11-13-8-6-7-9-15(13)16(18)17(20(3)19)14(12)5-2;/h4-9H,1-2,10-11,18-19H2,3H3;1H4/b14-12-,17-16-;. The number of benzene rings is 1. The van der Waals surface area contributed by atoms with Crippen LogP contribution in [0.15, 0.2) is 66.4 Å². The number of allylic oxidation sites excluding steroid dienone is 3. The third-order valence-electron chi connectivity index (χ3n) is 3.63. The predicted molar refractivity (Wildman–Crippen MR) is 92.0 cm³/mol. The first-order valence-electron chi connectivity index (χ1n) is 6.65. The summed E-state index contributed by atoms with van der Waals surface area (Å²) in [4.78, 5) is 0. The molecule has 0 saturated heterocycles. The van der Waals surface area contributed by atoms with Gasteiger partial charge in [0.15, 0.2) is 0 Å². The van der Waals surface area contributed by atoms with Crippen LogP contribution < -0.4 is 11.6 Å². The zero-order chi connectivity index (χ0) is 14.7. The van der Waals surface area contributed by atoms with E-state index in [9.17, 15) is 0 Å². The van der Waals surface area contributed by atoms with E-state index in [1.165, 1.54) is 5.56 Å². The van der Waals surface area contributed by atoms with Crippen LogP contribution in [-0.4, -0.2) is 12.1 Å². The highest BCUT2D eigenvalue weighted by atomic mass is 15.4. The van der Waals surface area contributed by atoms with E-state index in [2.05, 4.69) is 19.2 Å². The van der Waals surface area contributed by atoms with Gasteiger partial charge in [-0.2, -0.15) is 0 Å². The van der Waals surface area contributed by atoms with Gasteiger partial charge in [0, 0.05) is 18.2 Å². The highest BCUT2D eigenvalue weighted by Crippen LogP contribution is 2.31. The van der Waals surface area contributed by atoms with Crippen molar-refractivity contribution in [2.45, 2.75) is 20.3 Å². The number of likely N-dealkylation sites (N-methyl/N-ethyl adjacent to an activating group) is 1. The van der Waals surface area contributed by atoms with Gasteiger partial charge in [0.25, 0.3) is 0 Å². The summed E-state index contributed by atoms with van der Waals surface area (Å²) in [5.74, 6) is 6.00. The van der Waals surface area contributed by atoms with Crippen LogP contribution in [0.3, 0.4) is 0 Å². The van der Waals surface area contributed by atoms with E-state index in [4.69, 9.17) is 11.6 Å². The van der Waals surface area contributed by atoms with Gasteiger partial charge in [-0.3, -0.25) is 0 Å². The molecule has 0 aromatic heterocycles. The molecule has 0 bridgehead atoms. The molecule has 0 unspecified atom stereocenters. The number of aryl methyl sites for hydroxylation is 1. The molecule has 0 amide bonds. The van der Waals surface area contributed by atoms with Crippen LogP contribution in [0.1, 0.15) is 25.0 Å². The molecule has 1 aromatic rings. The summed E-state index contributed by atoms with van der Waals surface area (Å²) in [6.07, 6.45) is 5.49. The Hall–Kier alpha value is -2.26. The van der Waals surface area contributed by atoms with Gasteiger partial charge < -0.3 is 10.7 Å². The van der Waals surface area contributed by atoms with Crippen molar-refractivity contribution in [3.8, 4) is 0 Å². The lowest BCUT2D eigenvalue weighted by atomic mass is 9.89. The molecule has 1 aliphatic rings.